The van der Waals surface area contributed by atoms with Crippen LogP contribution in [0.5, 0.6) is 0 Å². The summed E-state index contributed by atoms with van der Waals surface area (Å²) in [5, 5.41) is 11.9. The number of hydrogen-bond acceptors (Lipinski definition) is 6. The number of aryl methyl sites for hydroxylation is 1. The Balaban J connectivity index is 1.46. The van der Waals surface area contributed by atoms with Gasteiger partial charge in [0.05, 0.1) is 17.8 Å². The maximum Gasteiger partial charge on any atom is 0.416 e. The van der Waals surface area contributed by atoms with E-state index in [1.54, 1.807) is 10.9 Å². The smallest absolute Gasteiger partial charge is 0.336 e. The molecule has 11 heteroatoms. The van der Waals surface area contributed by atoms with Crippen molar-refractivity contribution in [2.75, 3.05) is 13.1 Å². The molecule has 1 aliphatic rings. The van der Waals surface area contributed by atoms with E-state index in [1.165, 1.54) is 17.0 Å². The average Bonchev–Trinajstić information content (AvgIpc) is 3.46. The van der Waals surface area contributed by atoms with E-state index in [1.807, 2.05) is 6.92 Å². The summed E-state index contributed by atoms with van der Waals surface area (Å²) >= 11 is 0. The maximum atomic E-state index is 12.9. The Morgan fingerprint density at radius 1 is 1.34 bits per heavy atom. The Kier molecular flexibility index (Phi) is 4.81. The molecule has 0 unspecified atom stereocenters. The number of rotatable bonds is 4. The normalized spacial score (nSPS) is 17.1. The lowest BCUT2D eigenvalue weighted by atomic mass is 10.1. The molecule has 0 saturated carbocycles. The zero-order valence-corrected chi connectivity index (χ0v) is 15.4. The number of carbonyl (C=O) groups excluding carboxylic acids is 1. The molecule has 1 fully saturated rings. The summed E-state index contributed by atoms with van der Waals surface area (Å²) < 4.78 is 45.4. The van der Waals surface area contributed by atoms with Crippen LogP contribution in [0.25, 0.3) is 11.6 Å². The monoisotopic (exact) mass is 406 g/mol. The molecule has 29 heavy (non-hydrogen) atoms. The van der Waals surface area contributed by atoms with Crippen molar-refractivity contribution in [3.8, 4) is 11.6 Å². The van der Waals surface area contributed by atoms with Crippen LogP contribution in [0, 0.1) is 0 Å². The minimum Gasteiger partial charge on any atom is -0.336 e. The fourth-order valence-corrected chi connectivity index (χ4v) is 3.21. The summed E-state index contributed by atoms with van der Waals surface area (Å²) in [6.45, 7) is 2.64. The number of amides is 1. The molecule has 0 radical (unpaired) electrons. The van der Waals surface area contributed by atoms with E-state index >= 15 is 0 Å². The Morgan fingerprint density at radius 2 is 2.17 bits per heavy atom. The number of carbonyl (C=O) groups is 1. The molecular weight excluding hydrogens is 389 g/mol. The van der Waals surface area contributed by atoms with Crippen LogP contribution in [0.4, 0.5) is 13.2 Å². The van der Waals surface area contributed by atoms with Crippen molar-refractivity contribution in [1.29, 1.82) is 0 Å². The van der Waals surface area contributed by atoms with Crippen molar-refractivity contribution in [3.05, 3.63) is 47.4 Å². The predicted molar refractivity (Wildman–Crippen MR) is 93.7 cm³/mol. The first-order chi connectivity index (χ1) is 13.8. The van der Waals surface area contributed by atoms with Gasteiger partial charge in [0.25, 0.3) is 11.8 Å². The summed E-state index contributed by atoms with van der Waals surface area (Å²) in [5.74, 6) is 0.389. The molecule has 8 nitrogen and oxygen atoms in total. The number of aromatic nitrogens is 5. The van der Waals surface area contributed by atoms with E-state index in [9.17, 15) is 18.0 Å². The van der Waals surface area contributed by atoms with E-state index in [0.717, 1.165) is 12.1 Å². The minimum atomic E-state index is -4.49. The standard InChI is InChI=1S/C18H17F3N6O2/c1-2-15-22-16(29-24-15)14-10-27(25-23-14)13-6-7-26(9-13)17(28)11-4-3-5-12(8-11)18(19,20)21/h3-5,8,10,13H,2,6-7,9H2,1H3/t13-/m1/s1. The summed E-state index contributed by atoms with van der Waals surface area (Å²) in [6.07, 6.45) is -1.59. The van der Waals surface area contributed by atoms with Crippen molar-refractivity contribution in [2.24, 2.45) is 0 Å². The van der Waals surface area contributed by atoms with Crippen LogP contribution in [-0.2, 0) is 12.6 Å². The van der Waals surface area contributed by atoms with E-state index < -0.39 is 17.6 Å². The SMILES string of the molecule is CCc1noc(-c2cn([C@@H]3CCN(C(=O)c4cccc(C(F)(F)F)c4)C3)nn2)n1. The number of benzene rings is 1. The molecule has 3 heterocycles. The van der Waals surface area contributed by atoms with Gasteiger partial charge in [0.15, 0.2) is 11.5 Å². The zero-order valence-electron chi connectivity index (χ0n) is 15.4. The highest BCUT2D eigenvalue weighted by atomic mass is 19.4. The first-order valence-corrected chi connectivity index (χ1v) is 9.06. The second-order valence-corrected chi connectivity index (χ2v) is 6.73. The van der Waals surface area contributed by atoms with Gasteiger partial charge in [-0.25, -0.2) is 4.68 Å². The Bertz CT molecular complexity index is 1030. The molecule has 152 valence electrons. The van der Waals surface area contributed by atoms with Crippen LogP contribution >= 0.6 is 0 Å². The predicted octanol–water partition coefficient (Wildman–Crippen LogP) is 3.00. The van der Waals surface area contributed by atoms with E-state index in [0.29, 0.717) is 37.4 Å². The highest BCUT2D eigenvalue weighted by Gasteiger charge is 2.33. The number of nitrogens with zero attached hydrogens (tertiary/aromatic N) is 6. The Labute approximate surface area is 163 Å². The summed E-state index contributed by atoms with van der Waals surface area (Å²) in [4.78, 5) is 18.4. The fourth-order valence-electron chi connectivity index (χ4n) is 3.21. The Morgan fingerprint density at radius 3 is 2.90 bits per heavy atom. The molecule has 1 aromatic carbocycles. The molecule has 2 aromatic heterocycles. The van der Waals surface area contributed by atoms with Crippen LogP contribution in [0.15, 0.2) is 35.0 Å². The molecule has 0 aliphatic carbocycles. The third kappa shape index (κ3) is 3.84. The first kappa shape index (κ1) is 19.1. The van der Waals surface area contributed by atoms with Gasteiger partial charge in [-0.3, -0.25) is 4.79 Å². The van der Waals surface area contributed by atoms with Crippen molar-refractivity contribution in [2.45, 2.75) is 32.0 Å². The summed E-state index contributed by atoms with van der Waals surface area (Å²) in [5.41, 5.74) is -0.399. The van der Waals surface area contributed by atoms with Gasteiger partial charge in [-0.05, 0) is 24.6 Å². The number of alkyl halides is 3. The molecule has 0 bridgehead atoms. The van der Waals surface area contributed by atoms with Crippen molar-refractivity contribution in [1.82, 2.24) is 30.0 Å². The van der Waals surface area contributed by atoms with Gasteiger partial charge in [-0.15, -0.1) is 5.10 Å². The second kappa shape index (κ2) is 7.30. The molecule has 1 amide bonds. The van der Waals surface area contributed by atoms with Crippen LogP contribution in [0.3, 0.4) is 0 Å². The molecule has 4 rings (SSSR count). The lowest BCUT2D eigenvalue weighted by molar-refractivity contribution is -0.137. The fraction of sp³-hybridized carbons (Fsp3) is 0.389. The molecule has 3 aromatic rings. The van der Waals surface area contributed by atoms with Crippen LogP contribution < -0.4 is 0 Å². The van der Waals surface area contributed by atoms with Crippen LogP contribution in [-0.4, -0.2) is 49.0 Å². The van der Waals surface area contributed by atoms with Crippen molar-refractivity contribution >= 4 is 5.91 Å². The average molecular weight is 406 g/mol. The van der Waals surface area contributed by atoms with Gasteiger partial charge < -0.3 is 9.42 Å². The lowest BCUT2D eigenvalue weighted by Crippen LogP contribution is -2.29. The van der Waals surface area contributed by atoms with E-state index in [-0.39, 0.29) is 17.5 Å². The van der Waals surface area contributed by atoms with Gasteiger partial charge >= 0.3 is 6.18 Å². The number of likely N-dealkylation sites (tertiary alicyclic amines) is 1. The molecule has 1 aliphatic heterocycles. The summed E-state index contributed by atoms with van der Waals surface area (Å²) in [6, 6.07) is 4.31. The lowest BCUT2D eigenvalue weighted by Gasteiger charge is -2.17. The van der Waals surface area contributed by atoms with Crippen LogP contribution in [0.1, 0.15) is 41.1 Å². The quantitative estimate of drug-likeness (QED) is 0.662. The maximum absolute atomic E-state index is 12.9. The van der Waals surface area contributed by atoms with Gasteiger partial charge in [0, 0.05) is 25.1 Å². The van der Waals surface area contributed by atoms with E-state index in [2.05, 4.69) is 20.5 Å². The molecule has 0 spiro atoms. The van der Waals surface area contributed by atoms with Crippen molar-refractivity contribution in [3.63, 3.8) is 0 Å². The highest BCUT2D eigenvalue weighted by molar-refractivity contribution is 5.94. The zero-order chi connectivity index (χ0) is 20.6. The summed E-state index contributed by atoms with van der Waals surface area (Å²) in [7, 11) is 0. The van der Waals surface area contributed by atoms with Crippen LogP contribution in [0.2, 0.25) is 0 Å². The number of hydrogen-bond donors (Lipinski definition) is 0. The van der Waals surface area contributed by atoms with Gasteiger partial charge in [0.2, 0.25) is 0 Å². The van der Waals surface area contributed by atoms with Gasteiger partial charge in [0.1, 0.15) is 0 Å². The Hall–Kier alpha value is -3.24. The topological polar surface area (TPSA) is 89.9 Å². The molecule has 1 atom stereocenters. The van der Waals surface area contributed by atoms with Gasteiger partial charge in [-0.1, -0.05) is 23.4 Å². The van der Waals surface area contributed by atoms with E-state index in [4.69, 9.17) is 4.52 Å². The molecule has 0 N–H and O–H groups in total. The molecule has 1 saturated heterocycles. The molecular formula is C18H17F3N6O2. The van der Waals surface area contributed by atoms with Gasteiger partial charge in [-0.2, -0.15) is 18.2 Å². The third-order valence-electron chi connectivity index (χ3n) is 4.78. The number of halogens is 3. The second-order valence-electron chi connectivity index (χ2n) is 6.73. The first-order valence-electron chi connectivity index (χ1n) is 9.06. The highest BCUT2D eigenvalue weighted by Crippen LogP contribution is 2.30. The third-order valence-corrected chi connectivity index (χ3v) is 4.78. The largest absolute Gasteiger partial charge is 0.416 e. The minimum absolute atomic E-state index is 0.0118. The van der Waals surface area contributed by atoms with Crippen molar-refractivity contribution < 1.29 is 22.5 Å².